The van der Waals surface area contributed by atoms with Gasteiger partial charge in [-0.3, -0.25) is 0 Å². The minimum Gasteiger partial charge on any atom is -0.410 e. The second-order valence-electron chi connectivity index (χ2n) is 2.89. The van der Waals surface area contributed by atoms with E-state index >= 15 is 0 Å². The van der Waals surface area contributed by atoms with Crippen molar-refractivity contribution in [2.75, 3.05) is 0 Å². The first-order valence-electron chi connectivity index (χ1n) is 4.46. The molecule has 74 valence electrons. The third-order valence-corrected chi connectivity index (χ3v) is 1.92. The van der Waals surface area contributed by atoms with Crippen LogP contribution in [-0.2, 0) is 0 Å². The highest BCUT2D eigenvalue weighted by molar-refractivity contribution is 6.10. The smallest absolute Gasteiger partial charge is 0.182 e. The summed E-state index contributed by atoms with van der Waals surface area (Å²) in [5.74, 6) is 0.409. The van der Waals surface area contributed by atoms with Crippen LogP contribution in [0.25, 0.3) is 0 Å². The molecule has 2 aromatic rings. The Labute approximate surface area is 86.9 Å². The number of hydrogen-bond donors (Lipinski definition) is 1. The van der Waals surface area contributed by atoms with E-state index in [0.29, 0.717) is 11.5 Å². The van der Waals surface area contributed by atoms with Crippen LogP contribution in [0.2, 0.25) is 0 Å². The van der Waals surface area contributed by atoms with Gasteiger partial charge >= 0.3 is 0 Å². The van der Waals surface area contributed by atoms with Crippen LogP contribution in [0.4, 0.5) is 0 Å². The number of aromatic nitrogens is 2. The monoisotopic (exact) mass is 199 g/mol. The molecule has 0 aliphatic carbocycles. The van der Waals surface area contributed by atoms with Crippen molar-refractivity contribution in [2.24, 2.45) is 5.16 Å². The van der Waals surface area contributed by atoms with Crippen molar-refractivity contribution in [3.63, 3.8) is 0 Å². The van der Waals surface area contributed by atoms with Gasteiger partial charge in [0.1, 0.15) is 0 Å². The molecule has 0 spiro atoms. The van der Waals surface area contributed by atoms with Gasteiger partial charge in [0.25, 0.3) is 0 Å². The summed E-state index contributed by atoms with van der Waals surface area (Å²) in [6, 6.07) is 11.0. The van der Waals surface area contributed by atoms with Gasteiger partial charge in [0.15, 0.2) is 11.5 Å². The minimum atomic E-state index is 0.371. The fraction of sp³-hybridized carbons (Fsp3) is 0. The summed E-state index contributed by atoms with van der Waals surface area (Å²) in [7, 11) is 0. The predicted molar refractivity (Wildman–Crippen MR) is 55.9 cm³/mol. The SMILES string of the molecule is O/N=C(/c1ccccc1)c1ncccn1. The number of nitrogens with zero attached hydrogens (tertiary/aromatic N) is 3. The Morgan fingerprint density at radius 2 is 1.67 bits per heavy atom. The van der Waals surface area contributed by atoms with E-state index in [-0.39, 0.29) is 0 Å². The Hall–Kier alpha value is -2.23. The average molecular weight is 199 g/mol. The van der Waals surface area contributed by atoms with Crippen LogP contribution in [0.5, 0.6) is 0 Å². The van der Waals surface area contributed by atoms with Crippen LogP contribution in [0.3, 0.4) is 0 Å². The first-order chi connectivity index (χ1) is 7.42. The standard InChI is InChI=1S/C11H9N3O/c15-14-10(9-5-2-1-3-6-9)11-12-7-4-8-13-11/h1-8,15H/b14-10-. The molecule has 0 unspecified atom stereocenters. The summed E-state index contributed by atoms with van der Waals surface area (Å²) in [4.78, 5) is 8.05. The Morgan fingerprint density at radius 1 is 1.00 bits per heavy atom. The summed E-state index contributed by atoms with van der Waals surface area (Å²) in [6.07, 6.45) is 3.22. The summed E-state index contributed by atoms with van der Waals surface area (Å²) in [6.45, 7) is 0. The third kappa shape index (κ3) is 1.99. The van der Waals surface area contributed by atoms with Crippen LogP contribution in [0.1, 0.15) is 11.4 Å². The predicted octanol–water partition coefficient (Wildman–Crippen LogP) is 1.70. The van der Waals surface area contributed by atoms with E-state index in [1.54, 1.807) is 18.5 Å². The molecule has 0 aliphatic heterocycles. The molecule has 0 saturated carbocycles. The second kappa shape index (κ2) is 4.32. The molecule has 1 heterocycles. The zero-order valence-electron chi connectivity index (χ0n) is 7.91. The Bertz CT molecular complexity index is 412. The molecule has 1 aromatic heterocycles. The van der Waals surface area contributed by atoms with Gasteiger partial charge in [0, 0.05) is 18.0 Å². The van der Waals surface area contributed by atoms with Crippen LogP contribution in [0.15, 0.2) is 53.9 Å². The largest absolute Gasteiger partial charge is 0.410 e. The lowest BCUT2D eigenvalue weighted by molar-refractivity contribution is 0.319. The van der Waals surface area contributed by atoms with Crippen LogP contribution in [-0.4, -0.2) is 20.9 Å². The quantitative estimate of drug-likeness (QED) is 0.455. The minimum absolute atomic E-state index is 0.371. The summed E-state index contributed by atoms with van der Waals surface area (Å²) < 4.78 is 0. The molecule has 15 heavy (non-hydrogen) atoms. The maximum absolute atomic E-state index is 8.94. The van der Waals surface area contributed by atoms with Crippen LogP contribution >= 0.6 is 0 Å². The Kier molecular flexibility index (Phi) is 2.69. The summed E-state index contributed by atoms with van der Waals surface area (Å²) in [5.41, 5.74) is 1.16. The molecule has 1 aromatic carbocycles. The van der Waals surface area contributed by atoms with E-state index in [2.05, 4.69) is 15.1 Å². The molecular weight excluding hydrogens is 190 g/mol. The van der Waals surface area contributed by atoms with Gasteiger partial charge in [-0.15, -0.1) is 0 Å². The van der Waals surface area contributed by atoms with E-state index in [1.165, 1.54) is 0 Å². The molecule has 4 heteroatoms. The molecule has 0 atom stereocenters. The topological polar surface area (TPSA) is 58.4 Å². The summed E-state index contributed by atoms with van der Waals surface area (Å²) >= 11 is 0. The molecule has 0 aliphatic rings. The molecule has 0 fully saturated rings. The van der Waals surface area contributed by atoms with E-state index in [9.17, 15) is 0 Å². The highest BCUT2D eigenvalue weighted by Gasteiger charge is 2.08. The van der Waals surface area contributed by atoms with Gasteiger partial charge < -0.3 is 5.21 Å². The van der Waals surface area contributed by atoms with Crippen LogP contribution in [0, 0.1) is 0 Å². The van der Waals surface area contributed by atoms with Crippen molar-refractivity contribution in [2.45, 2.75) is 0 Å². The maximum Gasteiger partial charge on any atom is 0.182 e. The molecular formula is C11H9N3O. The van der Waals surface area contributed by atoms with Crippen molar-refractivity contribution in [1.82, 2.24) is 9.97 Å². The van der Waals surface area contributed by atoms with Gasteiger partial charge in [-0.25, -0.2) is 9.97 Å². The molecule has 4 nitrogen and oxygen atoms in total. The fourth-order valence-corrected chi connectivity index (χ4v) is 1.25. The zero-order chi connectivity index (χ0) is 10.5. The lowest BCUT2D eigenvalue weighted by Gasteiger charge is -2.01. The molecule has 0 saturated heterocycles. The first-order valence-corrected chi connectivity index (χ1v) is 4.46. The highest BCUT2D eigenvalue weighted by Crippen LogP contribution is 2.05. The van der Waals surface area contributed by atoms with Gasteiger partial charge in [-0.2, -0.15) is 0 Å². The molecule has 0 radical (unpaired) electrons. The van der Waals surface area contributed by atoms with E-state index in [4.69, 9.17) is 5.21 Å². The number of hydrogen-bond acceptors (Lipinski definition) is 4. The van der Waals surface area contributed by atoms with E-state index < -0.39 is 0 Å². The summed E-state index contributed by atoms with van der Waals surface area (Å²) in [5, 5.41) is 12.2. The van der Waals surface area contributed by atoms with Gasteiger partial charge in [-0.05, 0) is 6.07 Å². The Balaban J connectivity index is 2.44. The van der Waals surface area contributed by atoms with Gasteiger partial charge in [0.2, 0.25) is 0 Å². The highest BCUT2D eigenvalue weighted by atomic mass is 16.4. The van der Waals surface area contributed by atoms with Gasteiger partial charge in [-0.1, -0.05) is 35.5 Å². The van der Waals surface area contributed by atoms with E-state index in [1.807, 2.05) is 30.3 Å². The van der Waals surface area contributed by atoms with Crippen molar-refractivity contribution in [3.8, 4) is 0 Å². The lowest BCUT2D eigenvalue weighted by atomic mass is 10.1. The van der Waals surface area contributed by atoms with Crippen molar-refractivity contribution in [1.29, 1.82) is 0 Å². The van der Waals surface area contributed by atoms with E-state index in [0.717, 1.165) is 5.56 Å². The number of benzene rings is 1. The molecule has 2 rings (SSSR count). The number of oxime groups is 1. The third-order valence-electron chi connectivity index (χ3n) is 1.92. The normalized spacial score (nSPS) is 11.3. The van der Waals surface area contributed by atoms with Crippen molar-refractivity contribution >= 4 is 5.71 Å². The first kappa shape index (κ1) is 9.33. The van der Waals surface area contributed by atoms with Crippen molar-refractivity contribution < 1.29 is 5.21 Å². The molecule has 0 bridgehead atoms. The van der Waals surface area contributed by atoms with Crippen molar-refractivity contribution in [3.05, 3.63) is 60.2 Å². The van der Waals surface area contributed by atoms with Gasteiger partial charge in [0.05, 0.1) is 0 Å². The molecule has 1 N–H and O–H groups in total. The lowest BCUT2D eigenvalue weighted by Crippen LogP contribution is -2.07. The molecule has 0 amide bonds. The second-order valence-corrected chi connectivity index (χ2v) is 2.89. The maximum atomic E-state index is 8.94. The van der Waals surface area contributed by atoms with Crippen LogP contribution < -0.4 is 0 Å². The fourth-order valence-electron chi connectivity index (χ4n) is 1.25. The zero-order valence-corrected chi connectivity index (χ0v) is 7.91. The number of rotatable bonds is 2. The Morgan fingerprint density at radius 3 is 2.27 bits per heavy atom. The average Bonchev–Trinajstić information content (AvgIpc) is 2.33.